The normalized spacial score (nSPS) is 17.9. The third-order valence-corrected chi connectivity index (χ3v) is 3.05. The van der Waals surface area contributed by atoms with Gasteiger partial charge in [0.05, 0.1) is 13.7 Å². The van der Waals surface area contributed by atoms with Crippen molar-refractivity contribution in [3.63, 3.8) is 0 Å². The van der Waals surface area contributed by atoms with Crippen LogP contribution in [0.3, 0.4) is 0 Å². The van der Waals surface area contributed by atoms with Gasteiger partial charge in [-0.2, -0.15) is 8.42 Å². The highest BCUT2D eigenvalue weighted by atomic mass is 32.3. The van der Waals surface area contributed by atoms with Crippen LogP contribution in [-0.2, 0) is 21.6 Å². The zero-order chi connectivity index (χ0) is 16.8. The molecule has 2 rings (SSSR count). The first-order chi connectivity index (χ1) is 10.3. The van der Waals surface area contributed by atoms with E-state index in [0.29, 0.717) is 6.61 Å². The third-order valence-electron chi connectivity index (χ3n) is 3.05. The van der Waals surface area contributed by atoms with Crippen molar-refractivity contribution in [3.05, 3.63) is 29.3 Å². The molecule has 1 aliphatic rings. The van der Waals surface area contributed by atoms with Crippen LogP contribution in [0.5, 0.6) is 5.75 Å². The maximum Gasteiger partial charge on any atom is 0.394 e. The first-order valence-corrected chi connectivity index (χ1v) is 7.83. The van der Waals surface area contributed by atoms with Gasteiger partial charge in [0.25, 0.3) is 0 Å². The Balaban J connectivity index is 0.000000422. The van der Waals surface area contributed by atoms with E-state index in [2.05, 4.69) is 16.4 Å². The number of amidine groups is 1. The molecular formula is C13H20N2O6S. The Morgan fingerprint density at radius 1 is 1.45 bits per heavy atom. The van der Waals surface area contributed by atoms with Gasteiger partial charge in [0.1, 0.15) is 17.7 Å². The highest BCUT2D eigenvalue weighted by Gasteiger charge is 2.26. The predicted molar refractivity (Wildman–Crippen MR) is 82.0 cm³/mol. The Morgan fingerprint density at radius 2 is 2.09 bits per heavy atom. The van der Waals surface area contributed by atoms with Crippen molar-refractivity contribution >= 4 is 16.2 Å². The van der Waals surface area contributed by atoms with E-state index < -0.39 is 10.4 Å². The van der Waals surface area contributed by atoms with Crippen molar-refractivity contribution in [1.29, 1.82) is 0 Å². The second kappa shape index (κ2) is 8.08. The van der Waals surface area contributed by atoms with Gasteiger partial charge in [0.15, 0.2) is 0 Å². The Bertz CT molecular complexity index is 621. The quantitative estimate of drug-likeness (QED) is 0.418. The van der Waals surface area contributed by atoms with Crippen LogP contribution in [0.4, 0.5) is 0 Å². The summed E-state index contributed by atoms with van der Waals surface area (Å²) in [7, 11) is 0.663. The molecule has 1 aromatic carbocycles. The van der Waals surface area contributed by atoms with Crippen LogP contribution in [-0.4, -0.2) is 51.2 Å². The van der Waals surface area contributed by atoms with Crippen molar-refractivity contribution in [2.24, 2.45) is 4.99 Å². The van der Waals surface area contributed by atoms with E-state index in [1.807, 2.05) is 19.2 Å². The molecule has 0 fully saturated rings. The molecule has 1 unspecified atom stereocenters. The summed E-state index contributed by atoms with van der Waals surface area (Å²) in [6.07, 6.45) is 0.778. The molecule has 0 aromatic heterocycles. The smallest absolute Gasteiger partial charge is 0.394 e. The number of aliphatic imine (C=N–C) groups is 1. The van der Waals surface area contributed by atoms with Crippen molar-refractivity contribution in [1.82, 2.24) is 5.32 Å². The number of nitrogens with zero attached hydrogens (tertiary/aromatic N) is 1. The summed E-state index contributed by atoms with van der Waals surface area (Å²) in [6, 6.07) is 6.05. The Morgan fingerprint density at radius 3 is 2.59 bits per heavy atom. The van der Waals surface area contributed by atoms with Crippen LogP contribution in [0, 0.1) is 0 Å². The van der Waals surface area contributed by atoms with E-state index >= 15 is 0 Å². The molecule has 0 aliphatic carbocycles. The van der Waals surface area contributed by atoms with Gasteiger partial charge in [0, 0.05) is 19.7 Å². The topological polar surface area (TPSA) is 117 Å². The summed E-state index contributed by atoms with van der Waals surface area (Å²) in [5, 5.41) is 3.08. The molecule has 0 saturated carbocycles. The van der Waals surface area contributed by atoms with Crippen molar-refractivity contribution in [2.45, 2.75) is 12.5 Å². The Labute approximate surface area is 129 Å². The fourth-order valence-corrected chi connectivity index (χ4v) is 2.24. The van der Waals surface area contributed by atoms with Crippen LogP contribution in [0.1, 0.15) is 17.2 Å². The largest absolute Gasteiger partial charge is 0.496 e. The van der Waals surface area contributed by atoms with E-state index in [1.165, 1.54) is 5.56 Å². The van der Waals surface area contributed by atoms with E-state index in [1.54, 1.807) is 14.2 Å². The minimum atomic E-state index is -4.67. The second-order valence-electron chi connectivity index (χ2n) is 4.34. The lowest BCUT2D eigenvalue weighted by Gasteiger charge is -2.28. The van der Waals surface area contributed by atoms with Crippen LogP contribution < -0.4 is 10.1 Å². The highest BCUT2D eigenvalue weighted by molar-refractivity contribution is 7.79. The number of likely N-dealkylation sites (N-methyl/N-ethyl adjacent to an activating group) is 1. The number of nitrogens with one attached hydrogen (secondary N) is 1. The summed E-state index contributed by atoms with van der Waals surface area (Å²) in [6.45, 7) is 0.693. The summed E-state index contributed by atoms with van der Waals surface area (Å²) in [4.78, 5) is 4.22. The number of hydrogen-bond acceptors (Lipinski definition) is 5. The molecule has 3 N–H and O–H groups in total. The van der Waals surface area contributed by atoms with E-state index in [9.17, 15) is 0 Å². The van der Waals surface area contributed by atoms with Crippen LogP contribution >= 0.6 is 0 Å². The number of methoxy groups -OCH3 is 1. The lowest BCUT2D eigenvalue weighted by Crippen LogP contribution is -2.31. The summed E-state index contributed by atoms with van der Waals surface area (Å²) in [5.41, 5.74) is 2.37. The van der Waals surface area contributed by atoms with Crippen molar-refractivity contribution < 1.29 is 27.0 Å². The van der Waals surface area contributed by atoms with Crippen LogP contribution in [0.25, 0.3) is 0 Å². The maximum atomic E-state index is 8.74. The van der Waals surface area contributed by atoms with Gasteiger partial charge >= 0.3 is 10.4 Å². The molecule has 9 heteroatoms. The SMILES string of the molecule is CN=C(NC)C1OCCc2c(OC)cccc21.O=S(=O)(O)O. The molecule has 124 valence electrons. The van der Waals surface area contributed by atoms with Crippen molar-refractivity contribution in [2.75, 3.05) is 27.8 Å². The van der Waals surface area contributed by atoms with Gasteiger partial charge in [-0.3, -0.25) is 14.1 Å². The minimum Gasteiger partial charge on any atom is -0.496 e. The average Bonchev–Trinajstić information content (AvgIpc) is 2.46. The number of rotatable bonds is 2. The lowest BCUT2D eigenvalue weighted by atomic mass is 9.96. The predicted octanol–water partition coefficient (Wildman–Crippen LogP) is 0.904. The fraction of sp³-hybridized carbons (Fsp3) is 0.462. The van der Waals surface area contributed by atoms with Crippen LogP contribution in [0.15, 0.2) is 23.2 Å². The second-order valence-corrected chi connectivity index (χ2v) is 5.23. The van der Waals surface area contributed by atoms with Gasteiger partial charge in [0.2, 0.25) is 0 Å². The summed E-state index contributed by atoms with van der Waals surface area (Å²) in [5.74, 6) is 1.78. The minimum absolute atomic E-state index is 0.108. The molecular weight excluding hydrogens is 312 g/mol. The molecule has 22 heavy (non-hydrogen) atoms. The monoisotopic (exact) mass is 332 g/mol. The zero-order valence-electron chi connectivity index (χ0n) is 12.6. The molecule has 1 atom stereocenters. The molecule has 1 heterocycles. The average molecular weight is 332 g/mol. The van der Waals surface area contributed by atoms with E-state index in [4.69, 9.17) is 27.0 Å². The molecule has 0 spiro atoms. The van der Waals surface area contributed by atoms with Crippen LogP contribution in [0.2, 0.25) is 0 Å². The third kappa shape index (κ3) is 5.26. The molecule has 1 aromatic rings. The summed E-state index contributed by atoms with van der Waals surface area (Å²) >= 11 is 0. The number of benzene rings is 1. The van der Waals surface area contributed by atoms with E-state index in [-0.39, 0.29) is 6.10 Å². The molecule has 0 saturated heterocycles. The first-order valence-electron chi connectivity index (χ1n) is 6.43. The molecule has 0 bridgehead atoms. The lowest BCUT2D eigenvalue weighted by molar-refractivity contribution is 0.0847. The Kier molecular flexibility index (Phi) is 6.75. The van der Waals surface area contributed by atoms with Gasteiger partial charge in [-0.05, 0) is 18.1 Å². The summed E-state index contributed by atoms with van der Waals surface area (Å²) < 4.78 is 42.8. The van der Waals surface area contributed by atoms with Gasteiger partial charge in [-0.25, -0.2) is 0 Å². The first kappa shape index (κ1) is 18.4. The van der Waals surface area contributed by atoms with E-state index in [0.717, 1.165) is 23.6 Å². The zero-order valence-corrected chi connectivity index (χ0v) is 13.4. The van der Waals surface area contributed by atoms with Crippen molar-refractivity contribution in [3.8, 4) is 5.75 Å². The highest BCUT2D eigenvalue weighted by Crippen LogP contribution is 2.33. The maximum absolute atomic E-state index is 8.74. The molecule has 0 radical (unpaired) electrons. The molecule has 8 nitrogen and oxygen atoms in total. The van der Waals surface area contributed by atoms with Gasteiger partial charge < -0.3 is 14.8 Å². The fourth-order valence-electron chi connectivity index (χ4n) is 2.24. The Hall–Kier alpha value is -1.68. The van der Waals surface area contributed by atoms with Gasteiger partial charge in [-0.15, -0.1) is 0 Å². The molecule has 1 aliphatic heterocycles. The number of hydrogen-bond donors (Lipinski definition) is 3. The molecule has 0 amide bonds. The van der Waals surface area contributed by atoms with Gasteiger partial charge in [-0.1, -0.05) is 12.1 Å². The standard InChI is InChI=1S/C13H18N2O2.H2O4S/c1-14-13(15-2)12-10-5-4-6-11(16-3)9(10)7-8-17-12;1-5(2,3)4/h4-6,12H,7-8H2,1-3H3,(H,14,15);(H2,1,2,3,4). The number of ether oxygens (including phenoxy) is 2. The number of fused-ring (bicyclic) bond motifs is 1.